The summed E-state index contributed by atoms with van der Waals surface area (Å²) in [5, 5.41) is 10.8. The third-order valence-electron chi connectivity index (χ3n) is 6.41. The normalized spacial score (nSPS) is 30.7. The Bertz CT molecular complexity index is 1140. The van der Waals surface area contributed by atoms with Crippen molar-refractivity contribution in [2.45, 2.75) is 64.3 Å². The summed E-state index contributed by atoms with van der Waals surface area (Å²) in [7, 11) is 3.40. The first-order chi connectivity index (χ1) is 16.6. The lowest BCUT2D eigenvalue weighted by Gasteiger charge is -2.23. The molecule has 1 aromatic carbocycles. The van der Waals surface area contributed by atoms with Gasteiger partial charge in [-0.3, -0.25) is 0 Å². The van der Waals surface area contributed by atoms with Crippen LogP contribution in [0.5, 0.6) is 5.75 Å². The molecule has 9 nitrogen and oxygen atoms in total. The molecule has 190 valence electrons. The maximum Gasteiger partial charge on any atom is 0.342 e. The van der Waals surface area contributed by atoms with Gasteiger partial charge in [0.15, 0.2) is 12.6 Å². The third kappa shape index (κ3) is 5.28. The zero-order valence-corrected chi connectivity index (χ0v) is 21.1. The number of esters is 1. The molecule has 0 saturated carbocycles. The highest BCUT2D eigenvalue weighted by Gasteiger charge is 2.43. The molecule has 1 saturated heterocycles. The van der Waals surface area contributed by atoms with Crippen molar-refractivity contribution in [2.75, 3.05) is 13.9 Å². The molecule has 5 atom stereocenters. The second kappa shape index (κ2) is 10.1. The van der Waals surface area contributed by atoms with Gasteiger partial charge in [0.2, 0.25) is 0 Å². The lowest BCUT2D eigenvalue weighted by atomic mass is 9.98. The van der Waals surface area contributed by atoms with Crippen molar-refractivity contribution in [1.82, 2.24) is 9.55 Å². The van der Waals surface area contributed by atoms with Crippen LogP contribution in [-0.2, 0) is 26.0 Å². The van der Waals surface area contributed by atoms with E-state index in [2.05, 4.69) is 4.98 Å². The third-order valence-corrected chi connectivity index (χ3v) is 6.41. The van der Waals surface area contributed by atoms with Crippen LogP contribution in [-0.4, -0.2) is 64.7 Å². The number of fused-ring (bicyclic) bond motifs is 4. The number of nitrogens with zero attached hydrogens (tertiary/aromatic N) is 2. The second-order valence-electron chi connectivity index (χ2n) is 9.56. The molecule has 9 heteroatoms. The number of aryl methyl sites for hydroxylation is 1. The minimum Gasteiger partial charge on any atom is -0.467 e. The van der Waals surface area contributed by atoms with Crippen molar-refractivity contribution in [3.63, 3.8) is 0 Å². The maximum absolute atomic E-state index is 13.5. The number of hydrogen-bond acceptors (Lipinski definition) is 8. The number of hydrogen-bond donors (Lipinski definition) is 1. The molecule has 0 spiro atoms. The number of aliphatic hydroxyl groups is 1. The number of benzene rings is 1. The van der Waals surface area contributed by atoms with E-state index in [9.17, 15) is 9.90 Å². The van der Waals surface area contributed by atoms with E-state index in [1.54, 1.807) is 18.5 Å². The van der Waals surface area contributed by atoms with Gasteiger partial charge in [-0.25, -0.2) is 9.78 Å². The van der Waals surface area contributed by atoms with Crippen LogP contribution in [0.3, 0.4) is 0 Å². The van der Waals surface area contributed by atoms with Gasteiger partial charge in [-0.05, 0) is 27.2 Å². The first-order valence-corrected chi connectivity index (χ1v) is 11.8. The summed E-state index contributed by atoms with van der Waals surface area (Å²) in [6, 6.07) is 1.77. The van der Waals surface area contributed by atoms with Gasteiger partial charge >= 0.3 is 5.97 Å². The first kappa shape index (κ1) is 25.4. The predicted octanol–water partition coefficient (Wildman–Crippen LogP) is 3.59. The maximum atomic E-state index is 13.5. The van der Waals surface area contributed by atoms with Gasteiger partial charge in [-0.15, -0.1) is 0 Å². The molecule has 1 fully saturated rings. The average molecular weight is 487 g/mol. The quantitative estimate of drug-likeness (QED) is 0.399. The van der Waals surface area contributed by atoms with E-state index < -0.39 is 30.1 Å². The number of carbonyl (C=O) groups excluding carboxylic acids is 1. The fourth-order valence-corrected chi connectivity index (χ4v) is 4.42. The summed E-state index contributed by atoms with van der Waals surface area (Å²) >= 11 is 0. The molecule has 4 rings (SSSR count). The predicted molar refractivity (Wildman–Crippen MR) is 130 cm³/mol. The van der Waals surface area contributed by atoms with Crippen LogP contribution >= 0.6 is 0 Å². The summed E-state index contributed by atoms with van der Waals surface area (Å²) in [6.07, 6.45) is 7.15. The zero-order chi connectivity index (χ0) is 25.3. The number of carbonyl (C=O) groups is 1. The number of imidazole rings is 1. The summed E-state index contributed by atoms with van der Waals surface area (Å²) in [4.78, 5) is 18.0. The van der Waals surface area contributed by atoms with Crippen molar-refractivity contribution >= 4 is 23.1 Å². The van der Waals surface area contributed by atoms with E-state index in [1.807, 2.05) is 57.5 Å². The molecule has 1 unspecified atom stereocenters. The number of rotatable bonds is 3. The van der Waals surface area contributed by atoms with Crippen LogP contribution in [0.2, 0.25) is 0 Å². The molecule has 2 aliphatic heterocycles. The molecule has 1 N–H and O–H groups in total. The van der Waals surface area contributed by atoms with E-state index in [0.717, 1.165) is 5.52 Å². The smallest absolute Gasteiger partial charge is 0.342 e. The van der Waals surface area contributed by atoms with Crippen LogP contribution < -0.4 is 4.74 Å². The van der Waals surface area contributed by atoms with Crippen molar-refractivity contribution in [3.05, 3.63) is 41.7 Å². The summed E-state index contributed by atoms with van der Waals surface area (Å²) in [6.45, 7) is 7.38. The highest BCUT2D eigenvalue weighted by Crippen LogP contribution is 2.35. The Hall–Kier alpha value is -2.72. The van der Waals surface area contributed by atoms with Crippen LogP contribution in [0.4, 0.5) is 0 Å². The Kier molecular flexibility index (Phi) is 7.32. The van der Waals surface area contributed by atoms with E-state index in [1.165, 1.54) is 7.11 Å². The highest BCUT2D eigenvalue weighted by atomic mass is 16.8. The Morgan fingerprint density at radius 2 is 2.03 bits per heavy atom. The molecule has 2 aromatic rings. The van der Waals surface area contributed by atoms with Crippen LogP contribution in [0.15, 0.2) is 30.6 Å². The molecule has 0 radical (unpaired) electrons. The van der Waals surface area contributed by atoms with Crippen molar-refractivity contribution in [2.24, 2.45) is 13.0 Å². The SMILES string of the molecule is COCOc1cc2c(ncn2C)c2c1C(=O)O[C@@H](C)[C@H](C)/C=C\C(O)[C@H]1OC(C)(C)O[C@H]1C/C=C/2. The van der Waals surface area contributed by atoms with Gasteiger partial charge in [0, 0.05) is 31.7 Å². The summed E-state index contributed by atoms with van der Waals surface area (Å²) in [5.41, 5.74) is 2.31. The van der Waals surface area contributed by atoms with Crippen molar-refractivity contribution in [3.8, 4) is 5.75 Å². The molecule has 2 aliphatic rings. The number of cyclic esters (lactones) is 1. The zero-order valence-electron chi connectivity index (χ0n) is 21.1. The molecule has 1 aromatic heterocycles. The number of ether oxygens (including phenoxy) is 5. The number of aromatic nitrogens is 2. The Balaban J connectivity index is 1.85. The molecule has 35 heavy (non-hydrogen) atoms. The minimum atomic E-state index is -0.868. The van der Waals surface area contributed by atoms with Gasteiger partial charge in [-0.2, -0.15) is 0 Å². The number of methoxy groups -OCH3 is 1. The van der Waals surface area contributed by atoms with Crippen LogP contribution in [0.25, 0.3) is 17.1 Å². The lowest BCUT2D eigenvalue weighted by Crippen LogP contribution is -2.34. The van der Waals surface area contributed by atoms with Crippen LogP contribution in [0, 0.1) is 5.92 Å². The average Bonchev–Trinajstić information content (AvgIpc) is 3.33. The van der Waals surface area contributed by atoms with Gasteiger partial charge in [0.25, 0.3) is 0 Å². The molecule has 3 heterocycles. The minimum absolute atomic E-state index is 0.0244. The van der Waals surface area contributed by atoms with Crippen LogP contribution in [0.1, 0.15) is 50.0 Å². The highest BCUT2D eigenvalue weighted by molar-refractivity contribution is 6.03. The fraction of sp³-hybridized carbons (Fsp3) is 0.538. The number of aliphatic hydroxyl groups excluding tert-OH is 1. The largest absolute Gasteiger partial charge is 0.467 e. The van der Waals surface area contributed by atoms with Gasteiger partial charge in [0.1, 0.15) is 29.6 Å². The van der Waals surface area contributed by atoms with Gasteiger partial charge in [0.05, 0.1) is 23.5 Å². The van der Waals surface area contributed by atoms with E-state index >= 15 is 0 Å². The molecular formula is C26H34N2O7. The Morgan fingerprint density at radius 3 is 2.77 bits per heavy atom. The summed E-state index contributed by atoms with van der Waals surface area (Å²) in [5.74, 6) is -1.15. The molecule has 0 amide bonds. The second-order valence-corrected chi connectivity index (χ2v) is 9.56. The van der Waals surface area contributed by atoms with Crippen molar-refractivity contribution in [1.29, 1.82) is 0 Å². The van der Waals surface area contributed by atoms with Crippen molar-refractivity contribution < 1.29 is 33.6 Å². The fourth-order valence-electron chi connectivity index (χ4n) is 4.42. The van der Waals surface area contributed by atoms with E-state index in [-0.39, 0.29) is 24.4 Å². The standard InChI is InChI=1S/C26H34N2O7/c1-15-10-11-19(29)24-20(34-26(3,4)35-24)9-7-8-17-22(25(30)33-16(15)2)21(32-14-31-6)12-18-23(17)27-13-28(18)5/h7-8,10-13,15-16,19-20,24,29H,9,14H2,1-6H3/b8-7+,11-10-/t15-,16+,19?,20+,24-/m1/s1. The topological polar surface area (TPSA) is 101 Å². The monoisotopic (exact) mass is 486 g/mol. The Labute approximate surface area is 205 Å². The Morgan fingerprint density at radius 1 is 1.26 bits per heavy atom. The molecule has 0 aliphatic carbocycles. The van der Waals surface area contributed by atoms with E-state index in [0.29, 0.717) is 23.3 Å². The molecular weight excluding hydrogens is 452 g/mol. The van der Waals surface area contributed by atoms with Gasteiger partial charge < -0.3 is 33.4 Å². The first-order valence-electron chi connectivity index (χ1n) is 11.8. The lowest BCUT2D eigenvalue weighted by molar-refractivity contribution is -0.152. The summed E-state index contributed by atoms with van der Waals surface area (Å²) < 4.78 is 30.7. The van der Waals surface area contributed by atoms with E-state index in [4.69, 9.17) is 23.7 Å². The molecule has 0 bridgehead atoms. The van der Waals surface area contributed by atoms with Gasteiger partial charge in [-0.1, -0.05) is 31.2 Å².